The Morgan fingerprint density at radius 2 is 1.73 bits per heavy atom. The second-order valence-electron chi connectivity index (χ2n) is 8.31. The molecule has 4 rings (SSSR count). The van der Waals surface area contributed by atoms with E-state index in [1.807, 2.05) is 67.6 Å². The first-order valence-corrected chi connectivity index (χ1v) is 13.2. The molecule has 0 fully saturated rings. The van der Waals surface area contributed by atoms with Gasteiger partial charge in [0, 0.05) is 40.9 Å². The summed E-state index contributed by atoms with van der Waals surface area (Å²) < 4.78 is 0. The number of pyridine rings is 1. The first-order valence-electron chi connectivity index (χ1n) is 11.7. The number of rotatable bonds is 10. The van der Waals surface area contributed by atoms with Crippen LogP contribution in [-0.2, 0) is 0 Å². The van der Waals surface area contributed by atoms with E-state index >= 15 is 0 Å². The minimum absolute atomic E-state index is 0.337. The lowest BCUT2D eigenvalue weighted by molar-refractivity contribution is 0.0956. The fourth-order valence-electron chi connectivity index (χ4n) is 3.93. The molecule has 0 unspecified atom stereocenters. The van der Waals surface area contributed by atoms with Gasteiger partial charge in [0.05, 0.1) is 23.0 Å². The third-order valence-corrected chi connectivity index (χ3v) is 6.33. The number of benzene rings is 3. The van der Waals surface area contributed by atoms with Crippen molar-refractivity contribution < 1.29 is 4.79 Å². The molecule has 0 atom stereocenters. The smallest absolute Gasteiger partial charge is 0.273 e. The van der Waals surface area contributed by atoms with Crippen LogP contribution in [0.4, 0.5) is 17.2 Å². The Hall–Kier alpha value is -3.32. The van der Waals surface area contributed by atoms with E-state index in [0.717, 1.165) is 27.7 Å². The van der Waals surface area contributed by atoms with E-state index in [1.165, 1.54) is 0 Å². The van der Waals surface area contributed by atoms with Gasteiger partial charge in [0.2, 0.25) is 0 Å². The Labute approximate surface area is 231 Å². The van der Waals surface area contributed by atoms with Gasteiger partial charge < -0.3 is 10.2 Å². The van der Waals surface area contributed by atoms with E-state index in [4.69, 9.17) is 34.8 Å². The fraction of sp³-hybridized carbons (Fsp3) is 0.179. The number of hydrogen-bond donors (Lipinski definition) is 2. The van der Waals surface area contributed by atoms with Gasteiger partial charge in [-0.3, -0.25) is 4.79 Å². The van der Waals surface area contributed by atoms with E-state index < -0.39 is 0 Å². The van der Waals surface area contributed by atoms with Crippen LogP contribution in [0.5, 0.6) is 0 Å². The number of aromatic nitrogens is 1. The SMILES string of the molecule is Cc1cc(Nc2ccccc2C(=O)NN=Cc2ccc(N(CCCl)CCCl)cc2)nc2ccc(Cl)cc12. The van der Waals surface area contributed by atoms with Gasteiger partial charge in [-0.2, -0.15) is 5.10 Å². The number of nitrogens with zero attached hydrogens (tertiary/aromatic N) is 3. The molecule has 4 aromatic rings. The van der Waals surface area contributed by atoms with Crippen LogP contribution in [0.15, 0.2) is 77.9 Å². The molecule has 0 bridgehead atoms. The lowest BCUT2D eigenvalue weighted by Gasteiger charge is -2.22. The second-order valence-corrected chi connectivity index (χ2v) is 9.50. The van der Waals surface area contributed by atoms with Crippen LogP contribution in [0, 0.1) is 6.92 Å². The number of fused-ring (bicyclic) bond motifs is 1. The van der Waals surface area contributed by atoms with Gasteiger partial charge in [0.1, 0.15) is 5.82 Å². The molecule has 0 saturated carbocycles. The summed E-state index contributed by atoms with van der Waals surface area (Å²) in [5, 5.41) is 9.05. The van der Waals surface area contributed by atoms with Crippen molar-refractivity contribution in [2.24, 2.45) is 5.10 Å². The monoisotopic (exact) mass is 553 g/mol. The van der Waals surface area contributed by atoms with Crippen molar-refractivity contribution in [3.05, 3.63) is 94.5 Å². The molecule has 1 aromatic heterocycles. The van der Waals surface area contributed by atoms with Gasteiger partial charge in [-0.15, -0.1) is 23.2 Å². The summed E-state index contributed by atoms with van der Waals surface area (Å²) in [6.45, 7) is 3.43. The minimum Gasteiger partial charge on any atom is -0.369 e. The number of alkyl halides is 2. The van der Waals surface area contributed by atoms with E-state index in [9.17, 15) is 4.79 Å². The van der Waals surface area contributed by atoms with E-state index in [0.29, 0.717) is 46.9 Å². The van der Waals surface area contributed by atoms with E-state index in [2.05, 4.69) is 25.7 Å². The average Bonchev–Trinajstić information content (AvgIpc) is 2.90. The molecule has 0 spiro atoms. The lowest BCUT2D eigenvalue weighted by Crippen LogP contribution is -2.27. The summed E-state index contributed by atoms with van der Waals surface area (Å²) >= 11 is 17.9. The largest absolute Gasteiger partial charge is 0.369 e. The van der Waals surface area contributed by atoms with Gasteiger partial charge in [-0.1, -0.05) is 35.9 Å². The molecule has 0 aliphatic carbocycles. The Kier molecular flexibility index (Phi) is 9.23. The molecule has 1 amide bonds. The summed E-state index contributed by atoms with van der Waals surface area (Å²) in [7, 11) is 0. The molecule has 0 aliphatic rings. The molecular formula is C28H26Cl3N5O. The van der Waals surface area contributed by atoms with Crippen LogP contribution in [0.3, 0.4) is 0 Å². The quantitative estimate of drug-likeness (QED) is 0.126. The molecule has 6 nitrogen and oxygen atoms in total. The number of anilines is 3. The van der Waals surface area contributed by atoms with Crippen molar-refractivity contribution in [2.75, 3.05) is 35.1 Å². The Bertz CT molecular complexity index is 1400. The number of carbonyl (C=O) groups excluding carboxylic acids is 1. The van der Waals surface area contributed by atoms with E-state index in [-0.39, 0.29) is 5.91 Å². The second kappa shape index (κ2) is 12.8. The predicted molar refractivity (Wildman–Crippen MR) is 156 cm³/mol. The average molecular weight is 555 g/mol. The Morgan fingerprint density at radius 3 is 2.46 bits per heavy atom. The van der Waals surface area contributed by atoms with Gasteiger partial charge >= 0.3 is 0 Å². The summed E-state index contributed by atoms with van der Waals surface area (Å²) in [5.74, 6) is 1.34. The van der Waals surface area contributed by atoms with Crippen molar-refractivity contribution in [1.29, 1.82) is 0 Å². The maximum absolute atomic E-state index is 12.9. The van der Waals surface area contributed by atoms with E-state index in [1.54, 1.807) is 18.3 Å². The van der Waals surface area contributed by atoms with Crippen molar-refractivity contribution in [1.82, 2.24) is 10.4 Å². The highest BCUT2D eigenvalue weighted by Crippen LogP contribution is 2.26. The predicted octanol–water partition coefficient (Wildman–Crippen LogP) is 6.99. The topological polar surface area (TPSA) is 69.6 Å². The highest BCUT2D eigenvalue weighted by atomic mass is 35.5. The van der Waals surface area contributed by atoms with Crippen LogP contribution in [-0.4, -0.2) is 42.0 Å². The summed E-state index contributed by atoms with van der Waals surface area (Å²) in [6, 6.07) is 22.5. The maximum Gasteiger partial charge on any atom is 0.273 e. The lowest BCUT2D eigenvalue weighted by atomic mass is 10.1. The zero-order chi connectivity index (χ0) is 26.2. The maximum atomic E-state index is 12.9. The fourth-order valence-corrected chi connectivity index (χ4v) is 4.51. The Balaban J connectivity index is 1.45. The first-order chi connectivity index (χ1) is 18.0. The van der Waals surface area contributed by atoms with Gasteiger partial charge in [0.15, 0.2) is 0 Å². The summed E-state index contributed by atoms with van der Waals surface area (Å²) in [4.78, 5) is 19.7. The van der Waals surface area contributed by atoms with Crippen molar-refractivity contribution in [3.8, 4) is 0 Å². The molecule has 0 radical (unpaired) electrons. The van der Waals surface area contributed by atoms with Crippen LogP contribution in [0.1, 0.15) is 21.5 Å². The molecule has 0 saturated heterocycles. The number of hydrazone groups is 1. The number of nitrogens with one attached hydrogen (secondary N) is 2. The Morgan fingerprint density at radius 1 is 1.00 bits per heavy atom. The van der Waals surface area contributed by atoms with Crippen molar-refractivity contribution in [2.45, 2.75) is 6.92 Å². The zero-order valence-electron chi connectivity index (χ0n) is 20.2. The molecule has 3 aromatic carbocycles. The molecular weight excluding hydrogens is 529 g/mol. The number of amides is 1. The van der Waals surface area contributed by atoms with Gasteiger partial charge in [-0.05, 0) is 66.6 Å². The van der Waals surface area contributed by atoms with Crippen LogP contribution in [0.2, 0.25) is 5.02 Å². The molecule has 2 N–H and O–H groups in total. The number of aryl methyl sites for hydroxylation is 1. The van der Waals surface area contributed by atoms with Gasteiger partial charge in [-0.25, -0.2) is 10.4 Å². The normalized spacial score (nSPS) is 11.1. The highest BCUT2D eigenvalue weighted by Gasteiger charge is 2.12. The van der Waals surface area contributed by atoms with Crippen LogP contribution < -0.4 is 15.6 Å². The molecule has 1 heterocycles. The first kappa shape index (κ1) is 26.7. The number of para-hydroxylation sites is 1. The zero-order valence-corrected chi connectivity index (χ0v) is 22.5. The molecule has 190 valence electrons. The third kappa shape index (κ3) is 6.92. The molecule has 9 heteroatoms. The highest BCUT2D eigenvalue weighted by molar-refractivity contribution is 6.31. The van der Waals surface area contributed by atoms with Crippen molar-refractivity contribution >= 4 is 75.0 Å². The minimum atomic E-state index is -0.337. The molecule has 0 aliphatic heterocycles. The standard InChI is InChI=1S/C28H26Cl3N5O/c1-19-16-27(34-26-11-8-21(31)17-24(19)26)33-25-5-3-2-4-23(25)28(37)35-32-18-20-6-9-22(10-7-20)36(14-12-29)15-13-30/h2-11,16-18H,12-15H2,1H3,(H,33,34)(H,35,37). The van der Waals surface area contributed by atoms with Crippen molar-refractivity contribution in [3.63, 3.8) is 0 Å². The van der Waals surface area contributed by atoms with Gasteiger partial charge in [0.25, 0.3) is 5.91 Å². The van der Waals surface area contributed by atoms with Crippen LogP contribution >= 0.6 is 34.8 Å². The third-order valence-electron chi connectivity index (χ3n) is 5.76. The number of hydrogen-bond acceptors (Lipinski definition) is 5. The number of carbonyl (C=O) groups is 1. The van der Waals surface area contributed by atoms with Crippen LogP contribution in [0.25, 0.3) is 10.9 Å². The number of halogens is 3. The molecule has 37 heavy (non-hydrogen) atoms. The summed E-state index contributed by atoms with van der Waals surface area (Å²) in [6.07, 6.45) is 1.60. The summed E-state index contributed by atoms with van der Waals surface area (Å²) in [5.41, 5.74) is 7.41.